The van der Waals surface area contributed by atoms with E-state index in [0.717, 1.165) is 18.4 Å². The van der Waals surface area contributed by atoms with Crippen molar-refractivity contribution in [2.75, 3.05) is 6.26 Å². The molecule has 0 N–H and O–H groups in total. The molecule has 0 aliphatic heterocycles. The molecule has 3 aromatic rings. The van der Waals surface area contributed by atoms with E-state index < -0.39 is 26.9 Å². The highest BCUT2D eigenvalue weighted by atomic mass is 32.2. The highest BCUT2D eigenvalue weighted by Crippen LogP contribution is 2.34. The third-order valence-corrected chi connectivity index (χ3v) is 5.50. The number of sulfone groups is 1. The third kappa shape index (κ3) is 4.22. The van der Waals surface area contributed by atoms with E-state index in [-0.39, 0.29) is 22.2 Å². The van der Waals surface area contributed by atoms with E-state index in [9.17, 15) is 22.0 Å². The van der Waals surface area contributed by atoms with Crippen LogP contribution in [0.25, 0.3) is 11.3 Å². The second kappa shape index (κ2) is 7.79. The Hall–Kier alpha value is -3.00. The molecule has 0 atom stereocenters. The number of aryl methyl sites for hydroxylation is 1. The quantitative estimate of drug-likeness (QED) is 0.601. The van der Waals surface area contributed by atoms with Crippen molar-refractivity contribution in [3.63, 3.8) is 0 Å². The zero-order valence-corrected chi connectivity index (χ0v) is 16.8. The van der Waals surface area contributed by atoms with Crippen molar-refractivity contribution in [3.8, 4) is 22.8 Å². The summed E-state index contributed by atoms with van der Waals surface area (Å²) in [6.45, 7) is 3.37. The molecule has 0 saturated heterocycles. The smallest absolute Gasteiger partial charge is 0.231 e. The Morgan fingerprint density at radius 1 is 1.07 bits per heavy atom. The largest absolute Gasteiger partial charge is 0.457 e. The Bertz CT molecular complexity index is 1230. The second-order valence-electron chi connectivity index (χ2n) is 6.46. The predicted octanol–water partition coefficient (Wildman–Crippen LogP) is 4.65. The van der Waals surface area contributed by atoms with Gasteiger partial charge in [-0.15, -0.1) is 0 Å². The van der Waals surface area contributed by atoms with E-state index in [4.69, 9.17) is 9.15 Å². The molecule has 29 heavy (non-hydrogen) atoms. The Morgan fingerprint density at radius 2 is 1.72 bits per heavy atom. The summed E-state index contributed by atoms with van der Waals surface area (Å²) in [5, 5.41) is 0. The lowest BCUT2D eigenvalue weighted by Gasteiger charge is -2.14. The van der Waals surface area contributed by atoms with E-state index in [1.165, 1.54) is 24.3 Å². The van der Waals surface area contributed by atoms with E-state index in [0.29, 0.717) is 29.4 Å². The van der Waals surface area contributed by atoms with Crippen LogP contribution in [-0.2, 0) is 16.3 Å². The van der Waals surface area contributed by atoms with Crippen molar-refractivity contribution in [1.29, 1.82) is 0 Å². The van der Waals surface area contributed by atoms with Gasteiger partial charge >= 0.3 is 0 Å². The average Bonchev–Trinajstić information content (AvgIpc) is 2.67. The van der Waals surface area contributed by atoms with Crippen LogP contribution in [0.15, 0.2) is 56.6 Å². The molecule has 1 heterocycles. The zero-order valence-electron chi connectivity index (χ0n) is 16.0. The molecular formula is C21H18F2O5S. The molecule has 3 rings (SSSR count). The van der Waals surface area contributed by atoms with Gasteiger partial charge < -0.3 is 9.15 Å². The second-order valence-corrected chi connectivity index (χ2v) is 8.48. The molecule has 0 aliphatic carbocycles. The fraction of sp³-hybridized carbons (Fsp3) is 0.190. The van der Waals surface area contributed by atoms with Crippen molar-refractivity contribution >= 4 is 9.84 Å². The number of benzene rings is 2. The van der Waals surface area contributed by atoms with Gasteiger partial charge in [0.25, 0.3) is 0 Å². The van der Waals surface area contributed by atoms with Crippen LogP contribution < -0.4 is 10.2 Å². The molecule has 0 fully saturated rings. The van der Waals surface area contributed by atoms with E-state index in [2.05, 4.69) is 0 Å². The van der Waals surface area contributed by atoms with Crippen LogP contribution in [0.2, 0.25) is 0 Å². The van der Waals surface area contributed by atoms with Gasteiger partial charge in [0.1, 0.15) is 11.6 Å². The standard InChI is InChI=1S/C21H18F2O5S/c1-4-17-12(2)19(24)21(28-18-10-7-14(22)11-16(18)23)20(27-17)13-5-8-15(9-6-13)29(3,25)26/h5-11H,4H2,1-3H3. The minimum Gasteiger partial charge on any atom is -0.457 e. The Balaban J connectivity index is 2.20. The summed E-state index contributed by atoms with van der Waals surface area (Å²) >= 11 is 0. The molecule has 8 heteroatoms. The van der Waals surface area contributed by atoms with Crippen LogP contribution in [-0.4, -0.2) is 14.7 Å². The highest BCUT2D eigenvalue weighted by molar-refractivity contribution is 7.90. The minimum atomic E-state index is -3.41. The maximum absolute atomic E-state index is 14.1. The topological polar surface area (TPSA) is 73.6 Å². The molecule has 0 amide bonds. The zero-order chi connectivity index (χ0) is 21.3. The molecule has 0 aliphatic rings. The minimum absolute atomic E-state index is 0.0289. The first kappa shape index (κ1) is 20.7. The van der Waals surface area contributed by atoms with Crippen molar-refractivity contribution < 1.29 is 26.4 Å². The Morgan fingerprint density at radius 3 is 2.28 bits per heavy atom. The van der Waals surface area contributed by atoms with E-state index in [1.807, 2.05) is 6.92 Å². The summed E-state index contributed by atoms with van der Waals surface area (Å²) in [6, 6.07) is 8.41. The molecule has 0 unspecified atom stereocenters. The van der Waals surface area contributed by atoms with Crippen molar-refractivity contribution in [3.05, 3.63) is 75.6 Å². The molecule has 152 valence electrons. The van der Waals surface area contributed by atoms with Crippen LogP contribution in [0.4, 0.5) is 8.78 Å². The number of hydrogen-bond acceptors (Lipinski definition) is 5. The van der Waals surface area contributed by atoms with Gasteiger partial charge in [-0.1, -0.05) is 6.92 Å². The van der Waals surface area contributed by atoms with Gasteiger partial charge in [0.05, 0.1) is 4.90 Å². The first-order chi connectivity index (χ1) is 13.6. The lowest BCUT2D eigenvalue weighted by molar-refractivity contribution is 0.407. The molecule has 0 radical (unpaired) electrons. The molecule has 5 nitrogen and oxygen atoms in total. The van der Waals surface area contributed by atoms with Gasteiger partial charge in [-0.2, -0.15) is 0 Å². The molecular weight excluding hydrogens is 402 g/mol. The van der Waals surface area contributed by atoms with Gasteiger partial charge in [-0.25, -0.2) is 17.2 Å². The normalized spacial score (nSPS) is 11.5. The van der Waals surface area contributed by atoms with Gasteiger partial charge in [-0.3, -0.25) is 4.79 Å². The van der Waals surface area contributed by atoms with Gasteiger partial charge in [0.2, 0.25) is 11.2 Å². The SMILES string of the molecule is CCc1oc(-c2ccc(S(C)(=O)=O)cc2)c(Oc2ccc(F)cc2F)c(=O)c1C. The number of rotatable bonds is 5. The van der Waals surface area contributed by atoms with Crippen LogP contribution in [0.3, 0.4) is 0 Å². The molecule has 0 saturated carbocycles. The summed E-state index contributed by atoms with van der Waals surface area (Å²) in [5.74, 6) is -1.91. The lowest BCUT2D eigenvalue weighted by atomic mass is 10.1. The van der Waals surface area contributed by atoms with Crippen LogP contribution >= 0.6 is 0 Å². The van der Waals surface area contributed by atoms with Crippen LogP contribution in [0.5, 0.6) is 11.5 Å². The molecule has 1 aromatic heterocycles. The number of hydrogen-bond donors (Lipinski definition) is 0. The fourth-order valence-corrected chi connectivity index (χ4v) is 3.42. The Kier molecular flexibility index (Phi) is 5.57. The average molecular weight is 420 g/mol. The summed E-state index contributed by atoms with van der Waals surface area (Å²) in [6.07, 6.45) is 1.51. The molecule has 0 spiro atoms. The summed E-state index contributed by atoms with van der Waals surface area (Å²) < 4.78 is 62.0. The Labute approximate surface area is 166 Å². The van der Waals surface area contributed by atoms with Crippen LogP contribution in [0, 0.1) is 18.6 Å². The molecule has 0 bridgehead atoms. The maximum atomic E-state index is 14.1. The monoisotopic (exact) mass is 420 g/mol. The van der Waals surface area contributed by atoms with E-state index >= 15 is 0 Å². The first-order valence-corrected chi connectivity index (χ1v) is 10.6. The summed E-state index contributed by atoms with van der Waals surface area (Å²) in [4.78, 5) is 13.0. The van der Waals surface area contributed by atoms with Crippen molar-refractivity contribution in [1.82, 2.24) is 0 Å². The number of ether oxygens (including phenoxy) is 1. The molecule has 2 aromatic carbocycles. The predicted molar refractivity (Wildman–Crippen MR) is 104 cm³/mol. The van der Waals surface area contributed by atoms with Crippen molar-refractivity contribution in [2.24, 2.45) is 0 Å². The highest BCUT2D eigenvalue weighted by Gasteiger charge is 2.21. The van der Waals surface area contributed by atoms with Crippen LogP contribution in [0.1, 0.15) is 18.2 Å². The number of halogens is 2. The van der Waals surface area contributed by atoms with Gasteiger partial charge in [0, 0.05) is 29.9 Å². The summed E-state index contributed by atoms with van der Waals surface area (Å²) in [5.41, 5.74) is 0.183. The third-order valence-electron chi connectivity index (χ3n) is 4.37. The maximum Gasteiger partial charge on any atom is 0.231 e. The van der Waals surface area contributed by atoms with Gasteiger partial charge in [0.15, 0.2) is 27.2 Å². The van der Waals surface area contributed by atoms with Gasteiger partial charge in [-0.05, 0) is 43.3 Å². The summed E-state index contributed by atoms with van der Waals surface area (Å²) in [7, 11) is -3.41. The van der Waals surface area contributed by atoms with E-state index in [1.54, 1.807) is 6.92 Å². The van der Waals surface area contributed by atoms with Crippen molar-refractivity contribution in [2.45, 2.75) is 25.2 Å². The lowest BCUT2D eigenvalue weighted by Crippen LogP contribution is -2.13. The fourth-order valence-electron chi connectivity index (χ4n) is 2.79. The first-order valence-electron chi connectivity index (χ1n) is 8.71.